The van der Waals surface area contributed by atoms with Crippen LogP contribution in [0.3, 0.4) is 0 Å². The van der Waals surface area contributed by atoms with Crippen LogP contribution in [0.5, 0.6) is 5.75 Å². The van der Waals surface area contributed by atoms with E-state index in [9.17, 15) is 14.7 Å². The van der Waals surface area contributed by atoms with Gasteiger partial charge in [0.25, 0.3) is 0 Å². The first-order valence-electron chi connectivity index (χ1n) is 12.4. The Hall–Kier alpha value is -4.58. The Bertz CT molecular complexity index is 1160. The van der Waals surface area contributed by atoms with Crippen LogP contribution >= 0.6 is 0 Å². The third kappa shape index (κ3) is 12.4. The van der Waals surface area contributed by atoms with E-state index in [0.717, 1.165) is 24.9 Å². The van der Waals surface area contributed by atoms with Gasteiger partial charge in [-0.15, -0.1) is 0 Å². The second-order valence-electron chi connectivity index (χ2n) is 8.07. The summed E-state index contributed by atoms with van der Waals surface area (Å²) in [6, 6.07) is 35.4. The molecule has 200 valence electrons. The number of benzene rings is 4. The van der Waals surface area contributed by atoms with Crippen LogP contribution in [0.2, 0.25) is 0 Å². The quantitative estimate of drug-likeness (QED) is 0.307. The number of hydrogen-bond donors (Lipinski definition) is 1. The molecule has 4 aromatic carbocycles. The van der Waals surface area contributed by atoms with Crippen molar-refractivity contribution in [3.63, 3.8) is 0 Å². The molecule has 0 heterocycles. The van der Waals surface area contributed by atoms with Crippen molar-refractivity contribution in [3.8, 4) is 5.75 Å². The molecule has 6 nitrogen and oxygen atoms in total. The van der Waals surface area contributed by atoms with E-state index in [1.807, 2.05) is 56.6 Å². The summed E-state index contributed by atoms with van der Waals surface area (Å²) < 4.78 is 0. The monoisotopic (exact) mass is 513 g/mol. The van der Waals surface area contributed by atoms with Gasteiger partial charge in [-0.2, -0.15) is 0 Å². The van der Waals surface area contributed by atoms with Crippen molar-refractivity contribution in [1.82, 2.24) is 0 Å². The van der Waals surface area contributed by atoms with Gasteiger partial charge in [0, 0.05) is 44.1 Å². The minimum Gasteiger partial charge on any atom is -0.872 e. The van der Waals surface area contributed by atoms with Gasteiger partial charge < -0.3 is 20.0 Å². The van der Waals surface area contributed by atoms with Gasteiger partial charge in [0.2, 0.25) is 0 Å². The molecule has 0 radical (unpaired) electrons. The second kappa shape index (κ2) is 18.7. The van der Waals surface area contributed by atoms with Gasteiger partial charge in [-0.25, -0.2) is 4.79 Å². The molecule has 0 aromatic heterocycles. The van der Waals surface area contributed by atoms with Crippen LogP contribution in [0.4, 0.5) is 11.4 Å². The molecule has 6 heteroatoms. The van der Waals surface area contributed by atoms with E-state index in [4.69, 9.17) is 5.11 Å². The summed E-state index contributed by atoms with van der Waals surface area (Å²) in [4.78, 5) is 24.6. The van der Waals surface area contributed by atoms with E-state index in [2.05, 4.69) is 60.0 Å². The minimum atomic E-state index is -1.18. The average Bonchev–Trinajstić information content (AvgIpc) is 2.96. The summed E-state index contributed by atoms with van der Waals surface area (Å²) in [5.41, 5.74) is 3.12. The van der Waals surface area contributed by atoms with Gasteiger partial charge in [0.1, 0.15) is 6.29 Å². The van der Waals surface area contributed by atoms with E-state index in [1.54, 1.807) is 12.1 Å². The van der Waals surface area contributed by atoms with Crippen LogP contribution in [0.15, 0.2) is 115 Å². The zero-order chi connectivity index (χ0) is 28.2. The number of aromatic carboxylic acids is 1. The molecule has 0 aliphatic carbocycles. The lowest BCUT2D eigenvalue weighted by Crippen LogP contribution is -2.21. The van der Waals surface area contributed by atoms with Crippen molar-refractivity contribution < 1.29 is 19.8 Å². The summed E-state index contributed by atoms with van der Waals surface area (Å²) in [7, 11) is 4.07. The van der Waals surface area contributed by atoms with E-state index >= 15 is 0 Å². The first-order valence-corrected chi connectivity index (χ1v) is 12.4. The van der Waals surface area contributed by atoms with E-state index in [1.165, 1.54) is 35.6 Å². The Morgan fingerprint density at radius 1 is 0.711 bits per heavy atom. The molecule has 0 aliphatic rings. The number of anilines is 2. The topological polar surface area (TPSA) is 83.9 Å². The van der Waals surface area contributed by atoms with Gasteiger partial charge >= 0.3 is 5.97 Å². The number of carboxylic acids is 1. The Kier molecular flexibility index (Phi) is 15.4. The SMILES string of the molecule is CCN(CC)c1ccccc1.CN(C)c1ccccc1.O=C(O)c1ccccc1[O-].O=Cc1ccccc1. The smallest absolute Gasteiger partial charge is 0.335 e. The molecule has 0 unspecified atom stereocenters. The largest absolute Gasteiger partial charge is 0.872 e. The Morgan fingerprint density at radius 2 is 1.13 bits per heavy atom. The first kappa shape index (κ1) is 31.4. The third-order valence-corrected chi connectivity index (χ3v) is 5.21. The summed E-state index contributed by atoms with van der Waals surface area (Å²) in [6.45, 7) is 6.52. The Labute approximate surface area is 226 Å². The number of carboxylic acid groups (broad SMARTS) is 1. The fourth-order valence-electron chi connectivity index (χ4n) is 3.13. The van der Waals surface area contributed by atoms with E-state index < -0.39 is 11.7 Å². The summed E-state index contributed by atoms with van der Waals surface area (Å²) >= 11 is 0. The van der Waals surface area contributed by atoms with Gasteiger partial charge in [-0.3, -0.25) is 4.79 Å². The first-order chi connectivity index (χ1) is 18.3. The fraction of sp³-hybridized carbons (Fsp3) is 0.188. The normalized spacial score (nSPS) is 9.16. The lowest BCUT2D eigenvalue weighted by Gasteiger charge is -2.20. The molecule has 0 atom stereocenters. The molecule has 4 rings (SSSR count). The minimum absolute atomic E-state index is 0.178. The predicted octanol–water partition coefficient (Wildman–Crippen LogP) is 6.24. The predicted molar refractivity (Wildman–Crippen MR) is 155 cm³/mol. The van der Waals surface area contributed by atoms with Gasteiger partial charge in [0.15, 0.2) is 0 Å². The van der Waals surface area contributed by atoms with Crippen LogP contribution < -0.4 is 14.9 Å². The number of aldehydes is 1. The lowest BCUT2D eigenvalue weighted by atomic mass is 10.2. The number of para-hydroxylation sites is 3. The maximum atomic E-state index is 10.7. The molecule has 0 saturated carbocycles. The van der Waals surface area contributed by atoms with Crippen LogP contribution in [-0.2, 0) is 0 Å². The van der Waals surface area contributed by atoms with Crippen LogP contribution in [0.25, 0.3) is 0 Å². The fourth-order valence-corrected chi connectivity index (χ4v) is 3.13. The highest BCUT2D eigenvalue weighted by molar-refractivity contribution is 5.90. The molecule has 0 bridgehead atoms. The number of rotatable bonds is 6. The molecule has 0 amide bonds. The van der Waals surface area contributed by atoms with Crippen LogP contribution in [-0.4, -0.2) is 44.5 Å². The average molecular weight is 514 g/mol. The second-order valence-corrected chi connectivity index (χ2v) is 8.07. The highest BCUT2D eigenvalue weighted by Gasteiger charge is 2.00. The molecule has 4 aromatic rings. The van der Waals surface area contributed by atoms with Crippen molar-refractivity contribution in [2.45, 2.75) is 13.8 Å². The molecule has 0 spiro atoms. The number of carbonyl (C=O) groups excluding carboxylic acids is 1. The molecule has 1 N–H and O–H groups in total. The highest BCUT2D eigenvalue weighted by Crippen LogP contribution is 2.12. The number of hydrogen-bond acceptors (Lipinski definition) is 5. The maximum absolute atomic E-state index is 10.7. The summed E-state index contributed by atoms with van der Waals surface area (Å²) in [6.07, 6.45) is 0.833. The molecular formula is C32H37N2O4-. The maximum Gasteiger partial charge on any atom is 0.335 e. The Balaban J connectivity index is 0.000000255. The van der Waals surface area contributed by atoms with Crippen molar-refractivity contribution in [3.05, 3.63) is 126 Å². The van der Waals surface area contributed by atoms with Crippen molar-refractivity contribution in [2.24, 2.45) is 0 Å². The third-order valence-electron chi connectivity index (χ3n) is 5.21. The van der Waals surface area contributed by atoms with Crippen molar-refractivity contribution >= 4 is 23.6 Å². The van der Waals surface area contributed by atoms with Gasteiger partial charge in [0.05, 0.1) is 5.56 Å². The lowest BCUT2D eigenvalue weighted by molar-refractivity contribution is -0.268. The Morgan fingerprint density at radius 3 is 1.45 bits per heavy atom. The molecule has 0 aliphatic heterocycles. The van der Waals surface area contributed by atoms with Crippen molar-refractivity contribution in [1.29, 1.82) is 0 Å². The molecule has 0 saturated heterocycles. The molecular weight excluding hydrogens is 476 g/mol. The van der Waals surface area contributed by atoms with E-state index in [0.29, 0.717) is 0 Å². The zero-order valence-electron chi connectivity index (χ0n) is 22.5. The van der Waals surface area contributed by atoms with Crippen LogP contribution in [0.1, 0.15) is 34.6 Å². The summed E-state index contributed by atoms with van der Waals surface area (Å²) in [5.74, 6) is -1.62. The van der Waals surface area contributed by atoms with Crippen molar-refractivity contribution in [2.75, 3.05) is 37.0 Å². The molecule has 0 fully saturated rings. The van der Waals surface area contributed by atoms with E-state index in [-0.39, 0.29) is 5.56 Å². The van der Waals surface area contributed by atoms with Gasteiger partial charge in [-0.1, -0.05) is 90.7 Å². The number of nitrogens with zero attached hydrogens (tertiary/aromatic N) is 2. The van der Waals surface area contributed by atoms with Crippen LogP contribution in [0, 0.1) is 0 Å². The zero-order valence-corrected chi connectivity index (χ0v) is 22.5. The molecule has 38 heavy (non-hydrogen) atoms. The summed E-state index contributed by atoms with van der Waals surface area (Å²) in [5, 5.41) is 19.0. The highest BCUT2D eigenvalue weighted by atomic mass is 16.4. The van der Waals surface area contributed by atoms with Gasteiger partial charge in [-0.05, 0) is 44.2 Å². The standard InChI is InChI=1S/C10H15N.C8H11N.C7H6O3.C7H6O/c1-3-11(4-2)10-8-6-5-7-9-10;1-9(2)8-6-4-3-5-7-8;8-6-4-2-1-3-5(6)7(9)10;8-6-7-4-2-1-3-5-7/h5-9H,3-4H2,1-2H3;3-7H,1-2H3;1-4,8H,(H,9,10);1-6H/p-1. The number of carbonyl (C=O) groups is 2.